The number of aryl methyl sites for hydroxylation is 1. The maximum Gasteiger partial charge on any atom is 0.221 e. The maximum atomic E-state index is 11.6. The number of amides is 1. The Kier molecular flexibility index (Phi) is 4.74. The number of rotatable bonds is 4. The minimum atomic E-state index is -0.180. The number of likely N-dealkylation sites (tertiary alicyclic amines) is 1. The van der Waals surface area contributed by atoms with Crippen LogP contribution in [0.25, 0.3) is 21.5 Å². The van der Waals surface area contributed by atoms with Gasteiger partial charge in [-0.25, -0.2) is 4.98 Å². The third-order valence-electron chi connectivity index (χ3n) is 5.18. The fraction of sp³-hybridized carbons (Fsp3) is 0.333. The van der Waals surface area contributed by atoms with Gasteiger partial charge in [-0.15, -0.1) is 11.3 Å². The van der Waals surface area contributed by atoms with Gasteiger partial charge in [0, 0.05) is 18.5 Å². The fourth-order valence-electron chi connectivity index (χ4n) is 3.81. The first-order valence-corrected chi connectivity index (χ1v) is 9.94. The first-order valence-electron chi connectivity index (χ1n) is 9.06. The van der Waals surface area contributed by atoms with Gasteiger partial charge in [0.05, 0.1) is 22.0 Å². The lowest BCUT2D eigenvalue weighted by atomic mass is 9.96. The second-order valence-corrected chi connectivity index (χ2v) is 8.04. The average Bonchev–Trinajstić information content (AvgIpc) is 3.16. The zero-order valence-corrected chi connectivity index (χ0v) is 15.8. The van der Waals surface area contributed by atoms with Gasteiger partial charge in [0.15, 0.2) is 0 Å². The summed E-state index contributed by atoms with van der Waals surface area (Å²) in [7, 11) is 0. The molecule has 0 aliphatic carbocycles. The van der Waals surface area contributed by atoms with E-state index in [2.05, 4.69) is 53.6 Å². The number of hydrogen-bond acceptors (Lipinski definition) is 4. The van der Waals surface area contributed by atoms with Crippen molar-refractivity contribution in [3.8, 4) is 10.6 Å². The van der Waals surface area contributed by atoms with E-state index in [1.54, 1.807) is 11.3 Å². The van der Waals surface area contributed by atoms with Gasteiger partial charge in [0.25, 0.3) is 0 Å². The molecule has 1 saturated heterocycles. The molecular weight excluding hydrogens is 342 g/mol. The van der Waals surface area contributed by atoms with Crippen LogP contribution in [0.3, 0.4) is 0 Å². The number of pyridine rings is 1. The summed E-state index contributed by atoms with van der Waals surface area (Å²) in [5.41, 5.74) is 10.1. The number of nitrogens with zero attached hydrogens (tertiary/aromatic N) is 2. The number of piperidine rings is 1. The highest BCUT2D eigenvalue weighted by Crippen LogP contribution is 2.31. The van der Waals surface area contributed by atoms with Gasteiger partial charge in [-0.2, -0.15) is 0 Å². The Morgan fingerprint density at radius 3 is 3.00 bits per heavy atom. The van der Waals surface area contributed by atoms with Gasteiger partial charge in [0.1, 0.15) is 0 Å². The van der Waals surface area contributed by atoms with E-state index < -0.39 is 0 Å². The highest BCUT2D eigenvalue weighted by atomic mass is 32.1. The zero-order valence-electron chi connectivity index (χ0n) is 14.9. The number of para-hydroxylation sites is 1. The molecule has 0 saturated carbocycles. The summed E-state index contributed by atoms with van der Waals surface area (Å²) in [4.78, 5) is 20.2. The minimum absolute atomic E-state index is 0.0374. The van der Waals surface area contributed by atoms with E-state index in [0.717, 1.165) is 43.7 Å². The highest BCUT2D eigenvalue weighted by molar-refractivity contribution is 7.13. The molecule has 1 fully saturated rings. The molecule has 0 spiro atoms. The van der Waals surface area contributed by atoms with Crippen molar-refractivity contribution < 1.29 is 4.79 Å². The van der Waals surface area contributed by atoms with Gasteiger partial charge >= 0.3 is 0 Å². The maximum absolute atomic E-state index is 11.6. The smallest absolute Gasteiger partial charge is 0.221 e. The number of nitrogens with two attached hydrogens (primary N) is 1. The third-order valence-corrected chi connectivity index (χ3v) is 6.06. The molecule has 2 N–H and O–H groups in total. The van der Waals surface area contributed by atoms with Crippen molar-refractivity contribution >= 4 is 28.1 Å². The summed E-state index contributed by atoms with van der Waals surface area (Å²) < 4.78 is 0. The third kappa shape index (κ3) is 3.37. The van der Waals surface area contributed by atoms with Crippen LogP contribution in [0.2, 0.25) is 0 Å². The summed E-state index contributed by atoms with van der Waals surface area (Å²) in [6.45, 7) is 4.65. The average molecular weight is 366 g/mol. The first-order chi connectivity index (χ1) is 12.6. The van der Waals surface area contributed by atoms with Crippen molar-refractivity contribution in [2.24, 2.45) is 11.7 Å². The van der Waals surface area contributed by atoms with Crippen LogP contribution in [0.15, 0.2) is 41.8 Å². The summed E-state index contributed by atoms with van der Waals surface area (Å²) in [5, 5.41) is 3.26. The predicted molar refractivity (Wildman–Crippen MR) is 107 cm³/mol. The van der Waals surface area contributed by atoms with E-state index in [-0.39, 0.29) is 11.8 Å². The number of fused-ring (bicyclic) bond motifs is 1. The molecule has 3 aromatic rings. The molecule has 0 radical (unpaired) electrons. The molecule has 3 heterocycles. The van der Waals surface area contributed by atoms with Crippen molar-refractivity contribution in [1.29, 1.82) is 0 Å². The molecule has 0 bridgehead atoms. The van der Waals surface area contributed by atoms with E-state index in [4.69, 9.17) is 10.7 Å². The number of primary amides is 1. The number of aromatic nitrogens is 1. The summed E-state index contributed by atoms with van der Waals surface area (Å²) in [6.07, 6.45) is 1.92. The van der Waals surface area contributed by atoms with Crippen LogP contribution in [0.1, 0.15) is 24.0 Å². The molecule has 2 aromatic heterocycles. The van der Waals surface area contributed by atoms with Crippen molar-refractivity contribution in [2.45, 2.75) is 26.3 Å². The lowest BCUT2D eigenvalue weighted by Gasteiger charge is -2.31. The fourth-order valence-corrected chi connectivity index (χ4v) is 4.56. The van der Waals surface area contributed by atoms with E-state index >= 15 is 0 Å². The molecular formula is C21H23N3OS. The lowest BCUT2D eigenvalue weighted by Crippen LogP contribution is -2.40. The Morgan fingerprint density at radius 1 is 1.35 bits per heavy atom. The SMILES string of the molecule is Cc1cccc2cc(CN3CCC[C@H](C(N)=O)C3)c(-c3cccs3)nc12. The van der Waals surface area contributed by atoms with Gasteiger partial charge in [0.2, 0.25) is 5.91 Å². The van der Waals surface area contributed by atoms with Gasteiger partial charge in [-0.3, -0.25) is 9.69 Å². The van der Waals surface area contributed by atoms with Gasteiger partial charge < -0.3 is 5.73 Å². The molecule has 4 rings (SSSR count). The van der Waals surface area contributed by atoms with Crippen LogP contribution in [0, 0.1) is 12.8 Å². The normalized spacial score (nSPS) is 18.3. The molecule has 1 aliphatic rings. The van der Waals surface area contributed by atoms with Crippen LogP contribution in [-0.4, -0.2) is 28.9 Å². The second kappa shape index (κ2) is 7.17. The van der Waals surface area contributed by atoms with Crippen molar-refractivity contribution in [3.05, 3.63) is 52.9 Å². The van der Waals surface area contributed by atoms with E-state index in [9.17, 15) is 4.79 Å². The van der Waals surface area contributed by atoms with Crippen LogP contribution in [-0.2, 0) is 11.3 Å². The van der Waals surface area contributed by atoms with Gasteiger partial charge in [-0.1, -0.05) is 24.3 Å². The van der Waals surface area contributed by atoms with Crippen molar-refractivity contribution in [1.82, 2.24) is 9.88 Å². The minimum Gasteiger partial charge on any atom is -0.369 e. The zero-order chi connectivity index (χ0) is 18.1. The first kappa shape index (κ1) is 17.2. The molecule has 1 amide bonds. The monoisotopic (exact) mass is 365 g/mol. The van der Waals surface area contributed by atoms with Crippen LogP contribution >= 0.6 is 11.3 Å². The Bertz CT molecular complexity index is 936. The largest absolute Gasteiger partial charge is 0.369 e. The molecule has 1 aromatic carbocycles. The summed E-state index contributed by atoms with van der Waals surface area (Å²) >= 11 is 1.72. The van der Waals surface area contributed by atoms with Crippen molar-refractivity contribution in [2.75, 3.05) is 13.1 Å². The number of thiophene rings is 1. The quantitative estimate of drug-likeness (QED) is 0.761. The second-order valence-electron chi connectivity index (χ2n) is 7.10. The molecule has 5 heteroatoms. The number of benzene rings is 1. The standard InChI is InChI=1S/C21H23N3OS/c1-14-5-2-6-15-11-17(13-24-9-3-7-16(12-24)21(22)25)20(23-19(14)15)18-8-4-10-26-18/h2,4-6,8,10-11,16H,3,7,9,12-13H2,1H3,(H2,22,25)/t16-/m0/s1. The van der Waals surface area contributed by atoms with Gasteiger partial charge in [-0.05, 0) is 54.9 Å². The number of hydrogen-bond donors (Lipinski definition) is 1. The number of carbonyl (C=O) groups is 1. The lowest BCUT2D eigenvalue weighted by molar-refractivity contribution is -0.123. The van der Waals surface area contributed by atoms with Crippen LogP contribution < -0.4 is 5.73 Å². The van der Waals surface area contributed by atoms with Crippen LogP contribution in [0.5, 0.6) is 0 Å². The van der Waals surface area contributed by atoms with E-state index in [0.29, 0.717) is 0 Å². The topological polar surface area (TPSA) is 59.2 Å². The predicted octanol–water partition coefficient (Wildman–Crippen LogP) is 3.97. The Hall–Kier alpha value is -2.24. The van der Waals surface area contributed by atoms with Crippen LogP contribution in [0.4, 0.5) is 0 Å². The molecule has 0 unspecified atom stereocenters. The highest BCUT2D eigenvalue weighted by Gasteiger charge is 2.25. The molecule has 134 valence electrons. The van der Waals surface area contributed by atoms with E-state index in [1.807, 2.05) is 0 Å². The molecule has 1 atom stereocenters. The number of carbonyl (C=O) groups excluding carboxylic acids is 1. The summed E-state index contributed by atoms with van der Waals surface area (Å²) in [5.74, 6) is -0.218. The molecule has 26 heavy (non-hydrogen) atoms. The Morgan fingerprint density at radius 2 is 2.23 bits per heavy atom. The summed E-state index contributed by atoms with van der Waals surface area (Å²) in [6, 6.07) is 12.8. The Balaban J connectivity index is 1.73. The van der Waals surface area contributed by atoms with Crippen molar-refractivity contribution in [3.63, 3.8) is 0 Å². The van der Waals surface area contributed by atoms with E-state index in [1.165, 1.54) is 21.4 Å². The Labute approximate surface area is 157 Å². The molecule has 1 aliphatic heterocycles. The molecule has 4 nitrogen and oxygen atoms in total.